The van der Waals surface area contributed by atoms with E-state index in [0.29, 0.717) is 0 Å². The van der Waals surface area contributed by atoms with Crippen molar-refractivity contribution in [2.45, 2.75) is 195 Å². The lowest BCUT2D eigenvalue weighted by molar-refractivity contribution is 1.16. The largest absolute Gasteiger partial charge is 0.0985 e. The van der Waals surface area contributed by atoms with Crippen molar-refractivity contribution in [3.8, 4) is 0 Å². The molecule has 1 rings (SSSR count). The maximum atomic E-state index is 4.83. The van der Waals surface area contributed by atoms with Crippen molar-refractivity contribution in [2.24, 2.45) is 0 Å². The van der Waals surface area contributed by atoms with Gasteiger partial charge in [0.25, 0.3) is 0 Å². The predicted molar refractivity (Wildman–Crippen MR) is 221 cm³/mol. The van der Waals surface area contributed by atoms with Crippen LogP contribution in [0.1, 0.15) is 109 Å². The average molecular weight is 675 g/mol. The van der Waals surface area contributed by atoms with Gasteiger partial charge in [-0.1, -0.05) is 233 Å². The molecule has 43 heavy (non-hydrogen) atoms. The SMILES string of the molecule is C=Cc1c([Si](CC)(CC)CC)c([Si](CC)(CC)CC)c([Si](CC)(CC)CC)c([Si](CC)(CC)CC)c1[Si](CC)(CC)CC. The maximum Gasteiger partial charge on any atom is 0.0865 e. The smallest absolute Gasteiger partial charge is 0.0865 e. The highest BCUT2D eigenvalue weighted by atomic mass is 28.3. The maximum absolute atomic E-state index is 4.83. The van der Waals surface area contributed by atoms with Crippen LogP contribution in [-0.2, 0) is 0 Å². The molecule has 1 aromatic rings. The molecular formula is C38H78Si5. The third-order valence-corrected chi connectivity index (χ3v) is 43.7. The lowest BCUT2D eigenvalue weighted by atomic mass is 10.2. The average Bonchev–Trinajstić information content (AvgIpc) is 3.07. The second-order valence-corrected chi connectivity index (χ2v) is 40.1. The van der Waals surface area contributed by atoms with Gasteiger partial charge in [-0.2, -0.15) is 0 Å². The monoisotopic (exact) mass is 674 g/mol. The second-order valence-electron chi connectivity index (χ2n) is 14.2. The first-order valence-electron chi connectivity index (χ1n) is 19.4. The van der Waals surface area contributed by atoms with Crippen LogP contribution in [0.3, 0.4) is 0 Å². The van der Waals surface area contributed by atoms with Gasteiger partial charge in [0.05, 0.1) is 40.4 Å². The van der Waals surface area contributed by atoms with E-state index in [0.717, 1.165) is 0 Å². The molecule has 0 bridgehead atoms. The van der Waals surface area contributed by atoms with Crippen molar-refractivity contribution in [3.63, 3.8) is 0 Å². The van der Waals surface area contributed by atoms with Gasteiger partial charge < -0.3 is 0 Å². The first kappa shape index (κ1) is 41.1. The quantitative estimate of drug-likeness (QED) is 0.114. The Morgan fingerprint density at radius 2 is 0.442 bits per heavy atom. The Morgan fingerprint density at radius 1 is 0.302 bits per heavy atom. The van der Waals surface area contributed by atoms with Crippen molar-refractivity contribution in [3.05, 3.63) is 12.1 Å². The summed E-state index contributed by atoms with van der Waals surface area (Å²) >= 11 is 0. The number of hydrogen-bond donors (Lipinski definition) is 0. The van der Waals surface area contributed by atoms with Crippen LogP contribution in [-0.4, -0.2) is 40.4 Å². The van der Waals surface area contributed by atoms with E-state index in [4.69, 9.17) is 6.58 Å². The summed E-state index contributed by atoms with van der Waals surface area (Å²) in [5.74, 6) is 0. The van der Waals surface area contributed by atoms with E-state index in [2.05, 4.69) is 125 Å². The number of hydrogen-bond acceptors (Lipinski definition) is 0. The standard InChI is InChI=1S/C38H78Si5/c1-17-33-34(39(18-2,19-3)20-4)36(41(24-8,25-9)26-10)38(43(30-14,31-15)32-16)37(42(27-11,28-12)29-13)35(33)40(21-5,22-6)23-7/h17H,1,18-32H2,2-16H3. The summed E-state index contributed by atoms with van der Waals surface area (Å²) in [6.45, 7) is 43.9. The molecule has 5 heteroatoms. The van der Waals surface area contributed by atoms with Crippen LogP contribution < -0.4 is 25.9 Å². The Balaban J connectivity index is 5.47. The van der Waals surface area contributed by atoms with E-state index in [-0.39, 0.29) is 0 Å². The Hall–Kier alpha value is 0.0444. The lowest BCUT2D eigenvalue weighted by Gasteiger charge is -2.51. The molecule has 0 aliphatic carbocycles. The van der Waals surface area contributed by atoms with E-state index < -0.39 is 40.4 Å². The van der Waals surface area contributed by atoms with Crippen molar-refractivity contribution >= 4 is 72.4 Å². The third kappa shape index (κ3) is 6.60. The van der Waals surface area contributed by atoms with Gasteiger partial charge in [-0.15, -0.1) is 0 Å². The van der Waals surface area contributed by atoms with Crippen LogP contribution in [0.5, 0.6) is 0 Å². The fraction of sp³-hybridized carbons (Fsp3) is 0.789. The molecule has 250 valence electrons. The summed E-state index contributed by atoms with van der Waals surface area (Å²) in [7, 11) is -8.75. The molecule has 0 atom stereocenters. The van der Waals surface area contributed by atoms with Crippen LogP contribution in [0.2, 0.25) is 90.7 Å². The second kappa shape index (κ2) is 17.3. The number of benzene rings is 1. The van der Waals surface area contributed by atoms with Gasteiger partial charge >= 0.3 is 0 Å². The molecular weight excluding hydrogens is 597 g/mol. The van der Waals surface area contributed by atoms with E-state index >= 15 is 0 Å². The highest BCUT2D eigenvalue weighted by molar-refractivity contribution is 7.12. The van der Waals surface area contributed by atoms with Crippen molar-refractivity contribution in [1.82, 2.24) is 0 Å². The summed E-state index contributed by atoms with van der Waals surface area (Å²) in [6.07, 6.45) is 2.50. The molecule has 0 radical (unpaired) electrons. The van der Waals surface area contributed by atoms with Crippen LogP contribution in [0.25, 0.3) is 6.08 Å². The summed E-state index contributed by atoms with van der Waals surface area (Å²) < 4.78 is 0. The van der Waals surface area contributed by atoms with E-state index in [1.165, 1.54) is 90.7 Å². The molecule has 0 nitrogen and oxygen atoms in total. The Bertz CT molecular complexity index is 899. The highest BCUT2D eigenvalue weighted by Gasteiger charge is 2.52. The van der Waals surface area contributed by atoms with Gasteiger partial charge in [-0.25, -0.2) is 0 Å². The molecule has 0 fully saturated rings. The van der Waals surface area contributed by atoms with Crippen molar-refractivity contribution in [2.75, 3.05) is 0 Å². The van der Waals surface area contributed by atoms with Crippen molar-refractivity contribution < 1.29 is 0 Å². The zero-order valence-electron chi connectivity index (χ0n) is 32.4. The minimum Gasteiger partial charge on any atom is -0.0985 e. The molecule has 0 heterocycles. The van der Waals surface area contributed by atoms with Gasteiger partial charge in [0.15, 0.2) is 0 Å². The lowest BCUT2D eigenvalue weighted by Crippen LogP contribution is -2.82. The Morgan fingerprint density at radius 3 is 0.581 bits per heavy atom. The van der Waals surface area contributed by atoms with Crippen LogP contribution in [0.4, 0.5) is 0 Å². The summed E-state index contributed by atoms with van der Waals surface area (Å²) in [4.78, 5) is 0. The first-order chi connectivity index (χ1) is 20.5. The zero-order chi connectivity index (χ0) is 33.3. The molecule has 1 aromatic carbocycles. The van der Waals surface area contributed by atoms with Crippen LogP contribution >= 0.6 is 0 Å². The third-order valence-electron chi connectivity index (χ3n) is 14.5. The number of rotatable bonds is 21. The first-order valence-corrected chi connectivity index (χ1v) is 32.5. The fourth-order valence-corrected chi connectivity index (χ4v) is 36.6. The molecule has 0 N–H and O–H groups in total. The topological polar surface area (TPSA) is 0 Å². The molecule has 0 aliphatic heterocycles. The van der Waals surface area contributed by atoms with Crippen LogP contribution in [0, 0.1) is 0 Å². The van der Waals surface area contributed by atoms with E-state index in [9.17, 15) is 0 Å². The van der Waals surface area contributed by atoms with Gasteiger partial charge in [0.1, 0.15) is 0 Å². The van der Waals surface area contributed by atoms with Crippen molar-refractivity contribution in [1.29, 1.82) is 0 Å². The molecule has 0 aliphatic rings. The molecule has 0 saturated heterocycles. The van der Waals surface area contributed by atoms with Crippen LogP contribution in [0.15, 0.2) is 6.58 Å². The Labute approximate surface area is 277 Å². The van der Waals surface area contributed by atoms with E-state index in [1.54, 1.807) is 5.56 Å². The van der Waals surface area contributed by atoms with Gasteiger partial charge in [0, 0.05) is 0 Å². The zero-order valence-corrected chi connectivity index (χ0v) is 37.4. The molecule has 0 amide bonds. The summed E-state index contributed by atoms with van der Waals surface area (Å²) in [6, 6.07) is 21.1. The Kier molecular flexibility index (Phi) is 16.5. The van der Waals surface area contributed by atoms with E-state index in [1.807, 2.05) is 10.4 Å². The molecule has 0 unspecified atom stereocenters. The minimum atomic E-state index is -1.75. The summed E-state index contributed by atoms with van der Waals surface area (Å²) in [5.41, 5.74) is 1.77. The van der Waals surface area contributed by atoms with Gasteiger partial charge in [0.2, 0.25) is 0 Å². The van der Waals surface area contributed by atoms with Gasteiger partial charge in [-0.05, 0) is 5.56 Å². The highest BCUT2D eigenvalue weighted by Crippen LogP contribution is 2.33. The minimum absolute atomic E-state index is 1.39. The predicted octanol–water partition coefficient (Wildman–Crippen LogP) is 10.9. The van der Waals surface area contributed by atoms with Gasteiger partial charge in [-0.3, -0.25) is 0 Å². The summed E-state index contributed by atoms with van der Waals surface area (Å²) in [5, 5.41) is 10.4. The molecule has 0 spiro atoms. The molecule has 0 saturated carbocycles. The fourth-order valence-electron chi connectivity index (χ4n) is 10.1. The normalized spacial score (nSPS) is 13.6. The molecule has 0 aromatic heterocycles.